The molecule has 0 aromatic rings. The summed E-state index contributed by atoms with van der Waals surface area (Å²) in [6.45, 7) is 8.03. The van der Waals surface area contributed by atoms with Crippen molar-refractivity contribution in [2.75, 3.05) is 20.2 Å². The second-order valence-corrected chi connectivity index (χ2v) is 5.89. The van der Waals surface area contributed by atoms with Gasteiger partial charge in [0.2, 0.25) is 0 Å². The van der Waals surface area contributed by atoms with Gasteiger partial charge in [0.15, 0.2) is 0 Å². The summed E-state index contributed by atoms with van der Waals surface area (Å²) in [5.74, 6) is 0.359. The Morgan fingerprint density at radius 2 is 1.89 bits per heavy atom. The van der Waals surface area contributed by atoms with Gasteiger partial charge in [-0.3, -0.25) is 4.79 Å². The maximum atomic E-state index is 11.6. The molecule has 1 amide bonds. The Labute approximate surface area is 108 Å². The van der Waals surface area contributed by atoms with E-state index in [1.165, 1.54) is 4.90 Å². The van der Waals surface area contributed by atoms with Crippen LogP contribution in [0.2, 0.25) is 0 Å². The van der Waals surface area contributed by atoms with Crippen molar-refractivity contribution in [1.29, 1.82) is 0 Å². The summed E-state index contributed by atoms with van der Waals surface area (Å²) >= 11 is 0. The van der Waals surface area contributed by atoms with E-state index in [0.717, 1.165) is 6.42 Å². The van der Waals surface area contributed by atoms with Gasteiger partial charge >= 0.3 is 12.1 Å². The van der Waals surface area contributed by atoms with E-state index in [4.69, 9.17) is 9.47 Å². The topological polar surface area (TPSA) is 55.8 Å². The smallest absolute Gasteiger partial charge is 0.410 e. The van der Waals surface area contributed by atoms with Gasteiger partial charge in [0.1, 0.15) is 12.2 Å². The lowest BCUT2D eigenvalue weighted by Gasteiger charge is -2.24. The molecular formula is C13H23NO4. The predicted molar refractivity (Wildman–Crippen MR) is 67.1 cm³/mol. The second kappa shape index (κ2) is 5.59. The molecule has 0 aromatic heterocycles. The number of nitrogens with zero attached hydrogens (tertiary/aromatic N) is 1. The minimum atomic E-state index is -0.508. The molecule has 0 aromatic carbocycles. The van der Waals surface area contributed by atoms with Crippen LogP contribution in [0.3, 0.4) is 0 Å². The molecule has 1 saturated carbocycles. The monoisotopic (exact) mass is 257 g/mol. The van der Waals surface area contributed by atoms with Crippen molar-refractivity contribution in [3.63, 3.8) is 0 Å². The molecule has 0 saturated heterocycles. The molecule has 5 heteroatoms. The van der Waals surface area contributed by atoms with Gasteiger partial charge in [-0.2, -0.15) is 0 Å². The Kier molecular flexibility index (Phi) is 4.59. The Morgan fingerprint density at radius 1 is 1.33 bits per heavy atom. The van der Waals surface area contributed by atoms with E-state index in [1.807, 2.05) is 27.7 Å². The van der Waals surface area contributed by atoms with Crippen molar-refractivity contribution in [2.24, 2.45) is 11.8 Å². The zero-order chi connectivity index (χ0) is 13.9. The van der Waals surface area contributed by atoms with E-state index in [2.05, 4.69) is 0 Å². The fourth-order valence-electron chi connectivity index (χ4n) is 1.47. The molecule has 0 N–H and O–H groups in total. The number of ether oxygens (including phenoxy) is 2. The minimum Gasteiger partial charge on any atom is -0.464 e. The van der Waals surface area contributed by atoms with Crippen LogP contribution in [0.25, 0.3) is 0 Å². The largest absolute Gasteiger partial charge is 0.464 e. The minimum absolute atomic E-state index is 0.0665. The number of likely N-dealkylation sites (N-methyl/N-ethyl adjacent to an activating group) is 1. The third-order valence-electron chi connectivity index (χ3n) is 2.79. The highest BCUT2D eigenvalue weighted by Gasteiger charge is 2.40. The van der Waals surface area contributed by atoms with Crippen LogP contribution in [0, 0.1) is 11.8 Å². The Hall–Kier alpha value is -1.26. The normalized spacial score (nSPS) is 22.3. The van der Waals surface area contributed by atoms with E-state index >= 15 is 0 Å². The van der Waals surface area contributed by atoms with Crippen molar-refractivity contribution in [3.05, 3.63) is 0 Å². The van der Waals surface area contributed by atoms with E-state index in [1.54, 1.807) is 7.05 Å². The van der Waals surface area contributed by atoms with Gasteiger partial charge in [-0.1, -0.05) is 6.92 Å². The number of rotatable bonds is 4. The van der Waals surface area contributed by atoms with Crippen molar-refractivity contribution >= 4 is 12.1 Å². The fourth-order valence-corrected chi connectivity index (χ4v) is 1.47. The highest BCUT2D eigenvalue weighted by atomic mass is 16.6. The van der Waals surface area contributed by atoms with E-state index in [9.17, 15) is 9.59 Å². The summed E-state index contributed by atoms with van der Waals surface area (Å²) in [7, 11) is 1.63. The zero-order valence-corrected chi connectivity index (χ0v) is 11.9. The van der Waals surface area contributed by atoms with E-state index in [-0.39, 0.29) is 18.5 Å². The first-order valence-corrected chi connectivity index (χ1v) is 6.31. The molecule has 104 valence electrons. The van der Waals surface area contributed by atoms with Crippen LogP contribution >= 0.6 is 0 Å². The first-order chi connectivity index (χ1) is 8.20. The van der Waals surface area contributed by atoms with Crippen LogP contribution in [0.15, 0.2) is 0 Å². The van der Waals surface area contributed by atoms with Gasteiger partial charge in [0.05, 0.1) is 12.5 Å². The summed E-state index contributed by atoms with van der Waals surface area (Å²) in [5.41, 5.74) is -0.508. The van der Waals surface area contributed by atoms with Crippen LogP contribution in [0.5, 0.6) is 0 Å². The third kappa shape index (κ3) is 4.94. The van der Waals surface area contributed by atoms with Gasteiger partial charge in [-0.25, -0.2) is 4.79 Å². The first-order valence-electron chi connectivity index (χ1n) is 6.31. The summed E-state index contributed by atoms with van der Waals surface area (Å²) in [4.78, 5) is 24.4. The molecule has 0 radical (unpaired) electrons. The molecule has 1 rings (SSSR count). The Balaban J connectivity index is 2.18. The number of hydrogen-bond acceptors (Lipinski definition) is 4. The lowest BCUT2D eigenvalue weighted by molar-refractivity contribution is -0.145. The molecule has 2 atom stereocenters. The molecule has 1 aliphatic rings. The van der Waals surface area contributed by atoms with Crippen molar-refractivity contribution in [3.8, 4) is 0 Å². The Bertz CT molecular complexity index is 321. The average Bonchev–Trinajstić information content (AvgIpc) is 2.92. The molecule has 0 aliphatic heterocycles. The van der Waals surface area contributed by atoms with Gasteiger partial charge in [0.25, 0.3) is 0 Å². The molecule has 0 spiro atoms. The number of carbonyl (C=O) groups is 2. The van der Waals surface area contributed by atoms with Crippen molar-refractivity contribution in [1.82, 2.24) is 4.90 Å². The van der Waals surface area contributed by atoms with Gasteiger partial charge in [-0.15, -0.1) is 0 Å². The number of amides is 1. The number of esters is 1. The molecule has 2 unspecified atom stereocenters. The maximum Gasteiger partial charge on any atom is 0.410 e. The summed E-state index contributed by atoms with van der Waals surface area (Å²) in [5, 5.41) is 0. The van der Waals surface area contributed by atoms with E-state index < -0.39 is 11.7 Å². The van der Waals surface area contributed by atoms with Crippen molar-refractivity contribution < 1.29 is 19.1 Å². The number of carbonyl (C=O) groups excluding carboxylic acids is 2. The van der Waals surface area contributed by atoms with Crippen molar-refractivity contribution in [2.45, 2.75) is 39.7 Å². The van der Waals surface area contributed by atoms with Gasteiger partial charge < -0.3 is 14.4 Å². The van der Waals surface area contributed by atoms with Gasteiger partial charge in [-0.05, 0) is 33.1 Å². The van der Waals surface area contributed by atoms with Crippen LogP contribution < -0.4 is 0 Å². The molecule has 18 heavy (non-hydrogen) atoms. The molecule has 5 nitrogen and oxygen atoms in total. The summed E-state index contributed by atoms with van der Waals surface area (Å²) in [6, 6.07) is 0. The maximum absolute atomic E-state index is 11.6. The van der Waals surface area contributed by atoms with E-state index in [0.29, 0.717) is 12.5 Å². The highest BCUT2D eigenvalue weighted by Crippen LogP contribution is 2.38. The Morgan fingerprint density at radius 3 is 2.33 bits per heavy atom. The summed E-state index contributed by atoms with van der Waals surface area (Å²) < 4.78 is 10.3. The molecule has 1 aliphatic carbocycles. The zero-order valence-electron chi connectivity index (χ0n) is 11.9. The van der Waals surface area contributed by atoms with Crippen LogP contribution in [-0.2, 0) is 14.3 Å². The number of hydrogen-bond donors (Lipinski definition) is 0. The standard InChI is InChI=1S/C13H23NO4/c1-9-8-10(9)11(15)17-7-6-14(5)12(16)18-13(2,3)4/h9-10H,6-8H2,1-5H3. The first kappa shape index (κ1) is 14.8. The van der Waals surface area contributed by atoms with Crippen LogP contribution in [-0.4, -0.2) is 42.8 Å². The molecular weight excluding hydrogens is 234 g/mol. The lowest BCUT2D eigenvalue weighted by Crippen LogP contribution is -2.36. The highest BCUT2D eigenvalue weighted by molar-refractivity contribution is 5.75. The lowest BCUT2D eigenvalue weighted by atomic mass is 10.2. The van der Waals surface area contributed by atoms with Gasteiger partial charge in [0, 0.05) is 7.05 Å². The SMILES string of the molecule is CC1CC1C(=O)OCCN(C)C(=O)OC(C)(C)C. The quantitative estimate of drug-likeness (QED) is 0.723. The fraction of sp³-hybridized carbons (Fsp3) is 0.846. The molecule has 0 heterocycles. The van der Waals surface area contributed by atoms with Crippen LogP contribution in [0.4, 0.5) is 4.79 Å². The molecule has 1 fully saturated rings. The molecule has 0 bridgehead atoms. The van der Waals surface area contributed by atoms with Crippen LogP contribution in [0.1, 0.15) is 34.1 Å². The summed E-state index contributed by atoms with van der Waals surface area (Å²) in [6.07, 6.45) is 0.513. The predicted octanol–water partition coefficient (Wildman–Crippen LogP) is 2.05. The third-order valence-corrected chi connectivity index (χ3v) is 2.79. The average molecular weight is 257 g/mol. The second-order valence-electron chi connectivity index (χ2n) is 5.89.